The molecule has 3 rings (SSSR count). The topological polar surface area (TPSA) is 788 Å². The van der Waals surface area contributed by atoms with Crippen molar-refractivity contribution in [3.8, 4) is 5.75 Å². The quantitative estimate of drug-likeness (QED) is 0.0134. The van der Waals surface area contributed by atoms with Crippen molar-refractivity contribution in [2.45, 2.75) is 338 Å². The summed E-state index contributed by atoms with van der Waals surface area (Å²) in [5.74, 6) is -18.3. The van der Waals surface area contributed by atoms with Gasteiger partial charge in [-0.05, 0) is 217 Å². The molecule has 0 unspecified atom stereocenters. The standard InChI is InChI=1S/C95H158N26O21/c1-11-12-31-63(80(131)115-70(77(99)128)52-55(2)3)110-83(134)69(41-42-74(126)127)114-79(130)67(35-27-49-105-92(100)101)113-87(138)72(54-61-37-39-62(124)40-38-61)116-81(132)64(32-20-24-46-96)109-78(129)57(6)107-90(141)94(9)44-22-15-13-14-16-23-45-95(10,91(142)117-68(36-28-50-106-93(102)103)82(133)111-66(34-26-48-98)85(136)119-76(58(7)122)89(140)121-94)120-88(139)75(56(4)5)118-84(135)65(33-21-25-47-97)112-86(137)71(53-60-29-18-17-19-30-60)108-73(125)43-51-104-59(8)123/h13-14,17-19,29-30,37-40,55-58,63-72,75-76,122,124H,11-12,15-16,20-28,31-36,41-54,96-98H2,1-10H3,(H2,99,128)(H,104,123)(H,107,141)(H,108,125)(H,109,129)(H,110,134)(H,111,133)(H,112,137)(H,113,138)(H,114,130)(H,115,131)(H,116,132)(H,117,142)(H,118,135)(H,119,136)(H,120,139)(H,121,140)(H,126,127)(H4,100,101,105)(H4,102,103,106)/b14-13-/t57-,58+,63-,64-,65-,66-,67-,68-,69-,70-,71-,72-,75-,76-,94-,95-/m0/s1. The number of carbonyl (C=O) groups is 18. The van der Waals surface area contributed by atoms with Crippen molar-refractivity contribution in [1.82, 2.24) is 95.7 Å². The number of aliphatic hydroxyl groups is 1. The van der Waals surface area contributed by atoms with E-state index in [0.717, 1.165) is 6.92 Å². The molecule has 1 aliphatic rings. The Bertz CT molecular complexity index is 4510. The molecule has 142 heavy (non-hydrogen) atoms. The minimum Gasteiger partial charge on any atom is -0.508 e. The van der Waals surface area contributed by atoms with E-state index in [4.69, 9.17) is 45.2 Å². The number of aliphatic carboxylic acids is 1. The summed E-state index contributed by atoms with van der Waals surface area (Å²) >= 11 is 0. The number of aliphatic hydroxyl groups excluding tert-OH is 1. The molecule has 0 saturated heterocycles. The van der Waals surface area contributed by atoms with Gasteiger partial charge in [-0.15, -0.1) is 0 Å². The van der Waals surface area contributed by atoms with Crippen molar-refractivity contribution in [2.24, 2.45) is 46.2 Å². The molecule has 17 amide bonds. The summed E-state index contributed by atoms with van der Waals surface area (Å²) in [5.41, 5.74) is 31.6. The highest BCUT2D eigenvalue weighted by atomic mass is 16.4. The minimum absolute atomic E-state index is 0.00122. The minimum atomic E-state index is -2.04. The molecule has 0 radical (unpaired) electrons. The molecular weight excluding hydrogens is 1840 g/mol. The van der Waals surface area contributed by atoms with E-state index in [0.29, 0.717) is 43.2 Å². The van der Waals surface area contributed by atoms with Crippen molar-refractivity contribution in [3.05, 3.63) is 77.9 Å². The summed E-state index contributed by atoms with van der Waals surface area (Å²) in [6, 6.07) is -5.18. The lowest BCUT2D eigenvalue weighted by Crippen LogP contribution is -2.66. The van der Waals surface area contributed by atoms with Gasteiger partial charge in [-0.25, -0.2) is 0 Å². The van der Waals surface area contributed by atoms with E-state index in [9.17, 15) is 77.6 Å². The largest absolute Gasteiger partial charge is 0.508 e. The summed E-state index contributed by atoms with van der Waals surface area (Å²) in [4.78, 5) is 256. The normalized spacial score (nSPS) is 19.1. The van der Waals surface area contributed by atoms with Gasteiger partial charge in [-0.1, -0.05) is 102 Å². The van der Waals surface area contributed by atoms with Crippen molar-refractivity contribution in [1.29, 1.82) is 10.8 Å². The highest BCUT2D eigenvalue weighted by Gasteiger charge is 2.44. The zero-order chi connectivity index (χ0) is 106. The average molecular weight is 2000 g/mol. The number of amides is 17. The van der Waals surface area contributed by atoms with Gasteiger partial charge in [0.15, 0.2) is 11.9 Å². The summed E-state index contributed by atoms with van der Waals surface area (Å²) < 4.78 is 0. The number of rotatable bonds is 58. The fourth-order valence-electron chi connectivity index (χ4n) is 15.3. The molecule has 0 bridgehead atoms. The molecule has 1 aliphatic heterocycles. The van der Waals surface area contributed by atoms with E-state index in [2.05, 4.69) is 95.7 Å². The van der Waals surface area contributed by atoms with Gasteiger partial charge in [0.1, 0.15) is 95.4 Å². The Morgan fingerprint density at radius 1 is 0.479 bits per heavy atom. The van der Waals surface area contributed by atoms with Crippen molar-refractivity contribution >= 4 is 118 Å². The molecule has 0 aliphatic carbocycles. The number of nitrogens with two attached hydrogens (primary N) is 6. The second-order valence-corrected chi connectivity index (χ2v) is 37.1. The Balaban J connectivity index is 2.15. The zero-order valence-corrected chi connectivity index (χ0v) is 83.6. The van der Waals surface area contributed by atoms with Gasteiger partial charge < -0.3 is 145 Å². The van der Waals surface area contributed by atoms with Gasteiger partial charge in [0.05, 0.1) is 6.10 Å². The molecule has 47 heteroatoms. The van der Waals surface area contributed by atoms with Gasteiger partial charge in [0.25, 0.3) is 0 Å². The van der Waals surface area contributed by atoms with Crippen molar-refractivity contribution in [3.63, 3.8) is 0 Å². The summed E-state index contributed by atoms with van der Waals surface area (Å²) in [5, 5.41) is 94.8. The Morgan fingerprint density at radius 3 is 1.42 bits per heavy atom. The predicted octanol–water partition coefficient (Wildman–Crippen LogP) is -3.17. The maximum absolute atomic E-state index is 15.3. The Morgan fingerprint density at radius 2 is 0.930 bits per heavy atom. The van der Waals surface area contributed by atoms with Crippen LogP contribution < -0.4 is 130 Å². The number of hydrogen-bond donors (Lipinski definition) is 29. The molecule has 0 fully saturated rings. The van der Waals surface area contributed by atoms with Crippen LogP contribution >= 0.6 is 0 Å². The molecule has 0 saturated carbocycles. The van der Waals surface area contributed by atoms with Crippen molar-refractivity contribution < 1.29 is 102 Å². The van der Waals surface area contributed by atoms with Gasteiger partial charge >= 0.3 is 5.97 Å². The molecule has 47 nitrogen and oxygen atoms in total. The molecule has 35 N–H and O–H groups in total. The number of guanidine groups is 2. The van der Waals surface area contributed by atoms with Gasteiger partial charge in [0.2, 0.25) is 100 Å². The Labute approximate surface area is 830 Å². The third-order valence-corrected chi connectivity index (χ3v) is 23.6. The number of unbranched alkanes of at least 4 members (excludes halogenated alkanes) is 3. The number of carbonyl (C=O) groups excluding carboxylic acids is 17. The van der Waals surface area contributed by atoms with E-state index < -0.39 is 227 Å². The first-order valence-corrected chi connectivity index (χ1v) is 48.9. The van der Waals surface area contributed by atoms with Crippen LogP contribution in [0.5, 0.6) is 5.75 Å². The van der Waals surface area contributed by atoms with Crippen LogP contribution in [0.25, 0.3) is 0 Å². The van der Waals surface area contributed by atoms with E-state index >= 15 is 24.0 Å². The number of primary amides is 1. The summed E-state index contributed by atoms with van der Waals surface area (Å²) in [6.45, 7) is 15.4. The molecule has 2 aromatic carbocycles. The van der Waals surface area contributed by atoms with E-state index in [1.807, 2.05) is 6.92 Å². The molecule has 16 atom stereocenters. The van der Waals surface area contributed by atoms with Gasteiger partial charge in [-0.2, -0.15) is 0 Å². The first kappa shape index (κ1) is 123. The lowest BCUT2D eigenvalue weighted by molar-refractivity contribution is -0.140. The van der Waals surface area contributed by atoms with Crippen LogP contribution in [0.2, 0.25) is 0 Å². The van der Waals surface area contributed by atoms with Crippen molar-refractivity contribution in [2.75, 3.05) is 39.3 Å². The smallest absolute Gasteiger partial charge is 0.303 e. The van der Waals surface area contributed by atoms with E-state index in [1.165, 1.54) is 52.0 Å². The molecular formula is C95H158N26O21. The maximum atomic E-state index is 15.3. The lowest BCUT2D eigenvalue weighted by atomic mass is 9.90. The highest BCUT2D eigenvalue weighted by molar-refractivity contribution is 6.02. The zero-order valence-electron chi connectivity index (χ0n) is 83.6. The van der Waals surface area contributed by atoms with Gasteiger partial charge in [-0.3, -0.25) is 97.1 Å². The predicted molar refractivity (Wildman–Crippen MR) is 530 cm³/mol. The SMILES string of the molecule is CCCC[C@H](NC(=O)[C@H](CCC(=O)O)NC(=O)[C@H](CCCNC(=N)N)NC(=O)[C@H](Cc1ccc(O)cc1)NC(=O)[C@H](CCCCN)NC(=O)[C@H](C)NC(=O)[C@]1(C)CCC/C=C\CCC[C@](C)(NC(=O)[C@@H](NC(=O)[C@H](CCCCN)NC(=O)[C@H](Cc2ccccc2)NC(=O)CCNC(C)=O)C(C)C)C(=O)N[C@@H](CCCNC(=N)N)C(=O)N[C@@H](CCCN)C(=O)N[C@@H]([C@@H](C)O)C(=O)N1)C(=O)N[C@@H](CC(C)C)C(N)=O. The fourth-order valence-corrected chi connectivity index (χ4v) is 15.3. The monoisotopic (exact) mass is 2000 g/mol. The summed E-state index contributed by atoms with van der Waals surface area (Å²) in [7, 11) is 0. The van der Waals surface area contributed by atoms with Gasteiger partial charge in [0, 0.05) is 52.2 Å². The third-order valence-electron chi connectivity index (χ3n) is 23.6. The Kier molecular flexibility index (Phi) is 56.3. The number of phenols is 1. The number of phenolic OH excluding ortho intramolecular Hbond substituents is 1. The Hall–Kier alpha value is -13.2. The number of allylic oxidation sites excluding steroid dienone is 2. The molecule has 1 heterocycles. The number of nitrogens with one attached hydrogen (secondary N) is 20. The number of carboxylic acid groups (broad SMARTS) is 1. The number of carboxylic acids is 1. The molecule has 0 spiro atoms. The first-order valence-electron chi connectivity index (χ1n) is 48.9. The van der Waals surface area contributed by atoms with E-state index in [1.54, 1.807) is 70.2 Å². The maximum Gasteiger partial charge on any atom is 0.303 e. The van der Waals surface area contributed by atoms with Crippen LogP contribution in [0.4, 0.5) is 0 Å². The molecule has 0 aromatic heterocycles. The second kappa shape index (κ2) is 65.0. The first-order chi connectivity index (χ1) is 67.1. The fraction of sp³-hybridized carbons (Fsp3) is 0.642. The summed E-state index contributed by atoms with van der Waals surface area (Å²) in [6.07, 6.45) is 2.04. The van der Waals surface area contributed by atoms with Crippen LogP contribution in [0, 0.1) is 22.7 Å². The van der Waals surface area contributed by atoms with Crippen LogP contribution in [0.1, 0.15) is 241 Å². The average Bonchev–Trinajstić information content (AvgIpc) is 0.980. The highest BCUT2D eigenvalue weighted by Crippen LogP contribution is 2.23. The van der Waals surface area contributed by atoms with E-state index in [-0.39, 0.29) is 185 Å². The molecule has 794 valence electrons. The molecule has 2 aromatic rings. The van der Waals surface area contributed by atoms with Crippen LogP contribution in [-0.2, 0) is 99.1 Å². The second-order valence-electron chi connectivity index (χ2n) is 37.1. The van der Waals surface area contributed by atoms with Crippen LogP contribution in [0.3, 0.4) is 0 Å². The van der Waals surface area contributed by atoms with Crippen LogP contribution in [-0.4, -0.2) is 269 Å². The number of aromatic hydroxyl groups is 1. The lowest BCUT2D eigenvalue weighted by Gasteiger charge is -2.34. The third kappa shape index (κ3) is 46.9. The number of benzene rings is 2. The van der Waals surface area contributed by atoms with Crippen LogP contribution in [0.15, 0.2) is 66.7 Å². The number of hydrogen-bond acceptors (Lipinski definition) is 25.